The van der Waals surface area contributed by atoms with Crippen LogP contribution in [0.1, 0.15) is 32.4 Å². The number of hydrogen-bond acceptors (Lipinski definition) is 4. The molecule has 1 heterocycles. The van der Waals surface area contributed by atoms with E-state index in [9.17, 15) is 4.79 Å². The number of hydrogen-bond donors (Lipinski definition) is 2. The molecule has 1 aliphatic rings. The number of benzene rings is 1. The van der Waals surface area contributed by atoms with Crippen LogP contribution in [0.25, 0.3) is 0 Å². The summed E-state index contributed by atoms with van der Waals surface area (Å²) < 4.78 is 10.9. The van der Waals surface area contributed by atoms with Gasteiger partial charge in [0, 0.05) is 6.54 Å². The van der Waals surface area contributed by atoms with E-state index in [2.05, 4.69) is 10.6 Å². The summed E-state index contributed by atoms with van der Waals surface area (Å²) in [6.45, 7) is 7.61. The third-order valence-electron chi connectivity index (χ3n) is 3.18. The van der Waals surface area contributed by atoms with Gasteiger partial charge in [0.1, 0.15) is 5.60 Å². The Morgan fingerprint density at radius 3 is 2.67 bits per heavy atom. The molecule has 2 N–H and O–H groups in total. The molecule has 5 heteroatoms. The van der Waals surface area contributed by atoms with E-state index in [0.717, 1.165) is 12.1 Å². The second-order valence-corrected chi connectivity index (χ2v) is 6.17. The SMILES string of the molecule is CC(C)(C)OC(=O)NC(c1ccccc1)C1COCCN1. The van der Waals surface area contributed by atoms with E-state index < -0.39 is 11.7 Å². The average molecular weight is 292 g/mol. The third-order valence-corrected chi connectivity index (χ3v) is 3.18. The Labute approximate surface area is 126 Å². The summed E-state index contributed by atoms with van der Waals surface area (Å²) in [6, 6.07) is 9.73. The van der Waals surface area contributed by atoms with Crippen LogP contribution in [0.3, 0.4) is 0 Å². The fourth-order valence-electron chi connectivity index (χ4n) is 2.31. The van der Waals surface area contributed by atoms with Gasteiger partial charge in [-0.1, -0.05) is 30.3 Å². The Balaban J connectivity index is 2.10. The van der Waals surface area contributed by atoms with E-state index >= 15 is 0 Å². The smallest absolute Gasteiger partial charge is 0.408 e. The molecular formula is C16H24N2O3. The lowest BCUT2D eigenvalue weighted by atomic mass is 9.99. The van der Waals surface area contributed by atoms with Gasteiger partial charge in [-0.3, -0.25) is 0 Å². The summed E-state index contributed by atoms with van der Waals surface area (Å²) in [7, 11) is 0. The highest BCUT2D eigenvalue weighted by Crippen LogP contribution is 2.19. The summed E-state index contributed by atoms with van der Waals surface area (Å²) >= 11 is 0. The molecule has 1 aliphatic heterocycles. The van der Waals surface area contributed by atoms with Gasteiger partial charge in [0.25, 0.3) is 0 Å². The fraction of sp³-hybridized carbons (Fsp3) is 0.562. The minimum absolute atomic E-state index is 0.0358. The molecule has 0 aliphatic carbocycles. The Morgan fingerprint density at radius 2 is 2.10 bits per heavy atom. The van der Waals surface area contributed by atoms with Gasteiger partial charge in [0.2, 0.25) is 0 Å². The first-order valence-corrected chi connectivity index (χ1v) is 7.31. The maximum Gasteiger partial charge on any atom is 0.408 e. The van der Waals surface area contributed by atoms with Gasteiger partial charge in [0.05, 0.1) is 25.3 Å². The summed E-state index contributed by atoms with van der Waals surface area (Å²) in [6.07, 6.45) is -0.413. The molecule has 0 saturated carbocycles. The lowest BCUT2D eigenvalue weighted by Gasteiger charge is -2.32. The van der Waals surface area contributed by atoms with Crippen molar-refractivity contribution < 1.29 is 14.3 Å². The van der Waals surface area contributed by atoms with Crippen molar-refractivity contribution in [3.05, 3.63) is 35.9 Å². The second-order valence-electron chi connectivity index (χ2n) is 6.17. The highest BCUT2D eigenvalue weighted by molar-refractivity contribution is 5.68. The van der Waals surface area contributed by atoms with E-state index in [-0.39, 0.29) is 12.1 Å². The van der Waals surface area contributed by atoms with Crippen molar-refractivity contribution >= 4 is 6.09 Å². The van der Waals surface area contributed by atoms with Gasteiger partial charge >= 0.3 is 6.09 Å². The van der Waals surface area contributed by atoms with Crippen molar-refractivity contribution in [2.75, 3.05) is 19.8 Å². The summed E-state index contributed by atoms with van der Waals surface area (Å²) in [5.41, 5.74) is 0.522. The first-order chi connectivity index (χ1) is 9.96. The van der Waals surface area contributed by atoms with E-state index in [4.69, 9.17) is 9.47 Å². The molecule has 2 rings (SSSR count). The maximum absolute atomic E-state index is 12.1. The number of ether oxygens (including phenoxy) is 2. The molecule has 21 heavy (non-hydrogen) atoms. The lowest BCUT2D eigenvalue weighted by molar-refractivity contribution is 0.0391. The van der Waals surface area contributed by atoms with E-state index in [0.29, 0.717) is 13.2 Å². The number of carbonyl (C=O) groups excluding carboxylic acids is 1. The molecule has 0 spiro atoms. The molecule has 116 valence electrons. The molecule has 1 saturated heterocycles. The predicted octanol–water partition coefficient (Wildman–Crippen LogP) is 2.24. The minimum Gasteiger partial charge on any atom is -0.444 e. The largest absolute Gasteiger partial charge is 0.444 e. The zero-order chi connectivity index (χ0) is 15.3. The van der Waals surface area contributed by atoms with E-state index in [1.807, 2.05) is 51.1 Å². The Kier molecular flexibility index (Phi) is 5.20. The van der Waals surface area contributed by atoms with Crippen LogP contribution in [0, 0.1) is 0 Å². The highest BCUT2D eigenvalue weighted by Gasteiger charge is 2.28. The van der Waals surface area contributed by atoms with Crippen LogP contribution in [0.4, 0.5) is 4.79 Å². The summed E-state index contributed by atoms with van der Waals surface area (Å²) in [4.78, 5) is 12.1. The molecule has 1 fully saturated rings. The van der Waals surface area contributed by atoms with Gasteiger partial charge in [-0.05, 0) is 26.3 Å². The van der Waals surface area contributed by atoms with Crippen LogP contribution >= 0.6 is 0 Å². The molecule has 1 aromatic rings. The number of alkyl carbamates (subject to hydrolysis) is 1. The van der Waals surface area contributed by atoms with Crippen molar-refractivity contribution in [1.29, 1.82) is 0 Å². The van der Waals surface area contributed by atoms with Gasteiger partial charge in [-0.15, -0.1) is 0 Å². The van der Waals surface area contributed by atoms with Crippen LogP contribution in [0.5, 0.6) is 0 Å². The molecule has 0 radical (unpaired) electrons. The average Bonchev–Trinajstić information content (AvgIpc) is 2.45. The number of carbonyl (C=O) groups is 1. The molecule has 1 amide bonds. The molecule has 2 atom stereocenters. The third kappa shape index (κ3) is 5.02. The number of rotatable bonds is 3. The van der Waals surface area contributed by atoms with Crippen molar-refractivity contribution in [2.24, 2.45) is 0 Å². The van der Waals surface area contributed by atoms with Crippen LogP contribution < -0.4 is 10.6 Å². The number of morpholine rings is 1. The number of amides is 1. The summed E-state index contributed by atoms with van der Waals surface area (Å²) in [5, 5.41) is 6.35. The highest BCUT2D eigenvalue weighted by atomic mass is 16.6. The quantitative estimate of drug-likeness (QED) is 0.897. The lowest BCUT2D eigenvalue weighted by Crippen LogP contribution is -2.51. The standard InChI is InChI=1S/C16H24N2O3/c1-16(2,3)21-15(19)18-14(12-7-5-4-6-8-12)13-11-20-10-9-17-13/h4-8,13-14,17H,9-11H2,1-3H3,(H,18,19). The normalized spacial score (nSPS) is 20.6. The molecule has 2 unspecified atom stereocenters. The van der Waals surface area contributed by atoms with Gasteiger partial charge < -0.3 is 20.1 Å². The van der Waals surface area contributed by atoms with Crippen LogP contribution in [-0.2, 0) is 9.47 Å². The Morgan fingerprint density at radius 1 is 1.38 bits per heavy atom. The second kappa shape index (κ2) is 6.91. The van der Waals surface area contributed by atoms with Crippen molar-refractivity contribution in [3.8, 4) is 0 Å². The predicted molar refractivity (Wildman–Crippen MR) is 81.2 cm³/mol. The summed E-state index contributed by atoms with van der Waals surface area (Å²) in [5.74, 6) is 0. The Bertz CT molecular complexity index is 450. The van der Waals surface area contributed by atoms with Gasteiger partial charge in [-0.25, -0.2) is 4.79 Å². The first-order valence-electron chi connectivity index (χ1n) is 7.31. The van der Waals surface area contributed by atoms with Crippen LogP contribution in [-0.4, -0.2) is 37.5 Å². The fourth-order valence-corrected chi connectivity index (χ4v) is 2.31. The number of nitrogens with one attached hydrogen (secondary N) is 2. The van der Waals surface area contributed by atoms with Crippen molar-refractivity contribution in [1.82, 2.24) is 10.6 Å². The van der Waals surface area contributed by atoms with Crippen molar-refractivity contribution in [2.45, 2.75) is 38.5 Å². The molecule has 1 aromatic carbocycles. The molecular weight excluding hydrogens is 268 g/mol. The maximum atomic E-state index is 12.1. The van der Waals surface area contributed by atoms with Crippen molar-refractivity contribution in [3.63, 3.8) is 0 Å². The van der Waals surface area contributed by atoms with Gasteiger partial charge in [0.15, 0.2) is 0 Å². The first kappa shape index (κ1) is 15.8. The zero-order valence-electron chi connectivity index (χ0n) is 12.9. The topological polar surface area (TPSA) is 59.6 Å². The van der Waals surface area contributed by atoms with Gasteiger partial charge in [-0.2, -0.15) is 0 Å². The Hall–Kier alpha value is -1.59. The van der Waals surface area contributed by atoms with E-state index in [1.165, 1.54) is 0 Å². The molecule has 0 aromatic heterocycles. The van der Waals surface area contributed by atoms with Crippen LogP contribution in [0.2, 0.25) is 0 Å². The minimum atomic E-state index is -0.512. The molecule has 5 nitrogen and oxygen atoms in total. The van der Waals surface area contributed by atoms with Crippen LogP contribution in [0.15, 0.2) is 30.3 Å². The van der Waals surface area contributed by atoms with E-state index in [1.54, 1.807) is 0 Å². The zero-order valence-corrected chi connectivity index (χ0v) is 12.9. The monoisotopic (exact) mass is 292 g/mol. The molecule has 0 bridgehead atoms.